The number of carbonyl (C=O) groups is 1. The summed E-state index contributed by atoms with van der Waals surface area (Å²) in [7, 11) is 0. The van der Waals surface area contributed by atoms with Crippen molar-refractivity contribution in [3.05, 3.63) is 27.7 Å². The zero-order valence-electron chi connectivity index (χ0n) is 10.0. The van der Waals surface area contributed by atoms with Gasteiger partial charge in [0.15, 0.2) is 0 Å². The number of rotatable bonds is 4. The normalized spacial score (nSPS) is 11.5. The third-order valence-corrected chi connectivity index (χ3v) is 2.98. The molecule has 0 aliphatic rings. The number of benzene rings is 1. The molecule has 0 saturated heterocycles. The van der Waals surface area contributed by atoms with Crippen molar-refractivity contribution in [1.82, 2.24) is 4.90 Å². The molecule has 0 fully saturated rings. The molecular formula is C11H11Cl2F3N2O2. The number of amides is 1. The predicted molar refractivity (Wildman–Crippen MR) is 69.9 cm³/mol. The highest BCUT2D eigenvalue weighted by Gasteiger charge is 2.33. The Morgan fingerprint density at radius 1 is 1.30 bits per heavy atom. The van der Waals surface area contributed by atoms with Gasteiger partial charge >= 0.3 is 6.18 Å². The lowest BCUT2D eigenvalue weighted by Crippen LogP contribution is -2.40. The van der Waals surface area contributed by atoms with Crippen LogP contribution in [-0.2, 0) is 0 Å². The van der Waals surface area contributed by atoms with Crippen molar-refractivity contribution < 1.29 is 23.1 Å². The van der Waals surface area contributed by atoms with Gasteiger partial charge in [-0.2, -0.15) is 13.2 Å². The van der Waals surface area contributed by atoms with Crippen molar-refractivity contribution in [3.63, 3.8) is 0 Å². The van der Waals surface area contributed by atoms with E-state index in [9.17, 15) is 18.0 Å². The predicted octanol–water partition coefficient (Wildman–Crippen LogP) is 2.57. The van der Waals surface area contributed by atoms with Gasteiger partial charge in [0.25, 0.3) is 5.91 Å². The van der Waals surface area contributed by atoms with E-state index in [2.05, 4.69) is 0 Å². The van der Waals surface area contributed by atoms with Crippen LogP contribution in [-0.4, -0.2) is 41.8 Å². The maximum Gasteiger partial charge on any atom is 0.406 e. The maximum absolute atomic E-state index is 12.4. The highest BCUT2D eigenvalue weighted by Crippen LogP contribution is 2.29. The highest BCUT2D eigenvalue weighted by molar-refractivity contribution is 6.39. The van der Waals surface area contributed by atoms with Crippen molar-refractivity contribution >= 4 is 34.8 Å². The Bertz CT molecular complexity index is 486. The molecule has 1 aromatic rings. The quantitative estimate of drug-likeness (QED) is 0.834. The van der Waals surface area contributed by atoms with Gasteiger partial charge in [-0.3, -0.25) is 4.79 Å². The number of aliphatic hydroxyl groups is 1. The Labute approximate surface area is 122 Å². The summed E-state index contributed by atoms with van der Waals surface area (Å²) in [5.74, 6) is -0.944. The SMILES string of the molecule is Nc1c(Cl)cc(C(=O)N(CCO)CC(F)(F)F)cc1Cl. The van der Waals surface area contributed by atoms with Gasteiger partial charge in [-0.25, -0.2) is 0 Å². The Morgan fingerprint density at radius 2 is 1.80 bits per heavy atom. The Balaban J connectivity index is 3.06. The molecule has 0 bridgehead atoms. The minimum Gasteiger partial charge on any atom is -0.396 e. The second kappa shape index (κ2) is 6.51. The number of carbonyl (C=O) groups excluding carboxylic acids is 1. The number of nitrogen functional groups attached to an aromatic ring is 1. The van der Waals surface area contributed by atoms with Crippen molar-refractivity contribution in [2.24, 2.45) is 0 Å². The highest BCUT2D eigenvalue weighted by atomic mass is 35.5. The van der Waals surface area contributed by atoms with E-state index in [1.165, 1.54) is 0 Å². The zero-order chi connectivity index (χ0) is 15.5. The minimum atomic E-state index is -4.58. The van der Waals surface area contributed by atoms with E-state index in [1.807, 2.05) is 0 Å². The van der Waals surface area contributed by atoms with Crippen LogP contribution in [0.2, 0.25) is 10.0 Å². The number of alkyl halides is 3. The average molecular weight is 331 g/mol. The van der Waals surface area contributed by atoms with E-state index in [0.29, 0.717) is 4.90 Å². The average Bonchev–Trinajstić information content (AvgIpc) is 2.32. The van der Waals surface area contributed by atoms with Crippen LogP contribution in [0.4, 0.5) is 18.9 Å². The lowest BCUT2D eigenvalue weighted by molar-refractivity contribution is -0.141. The summed E-state index contributed by atoms with van der Waals surface area (Å²) in [5, 5.41) is 8.69. The molecule has 3 N–H and O–H groups in total. The van der Waals surface area contributed by atoms with Gasteiger partial charge in [-0.15, -0.1) is 0 Å². The molecule has 0 aromatic heterocycles. The fourth-order valence-electron chi connectivity index (χ4n) is 1.48. The van der Waals surface area contributed by atoms with Gasteiger partial charge in [0.05, 0.1) is 22.3 Å². The summed E-state index contributed by atoms with van der Waals surface area (Å²) in [6.45, 7) is -2.54. The number of nitrogens with two attached hydrogens (primary N) is 1. The topological polar surface area (TPSA) is 66.6 Å². The summed E-state index contributed by atoms with van der Waals surface area (Å²) >= 11 is 11.5. The van der Waals surface area contributed by atoms with Crippen LogP contribution < -0.4 is 5.73 Å². The number of nitrogens with zero attached hydrogens (tertiary/aromatic N) is 1. The van der Waals surface area contributed by atoms with E-state index in [4.69, 9.17) is 34.0 Å². The number of hydrogen-bond acceptors (Lipinski definition) is 3. The molecule has 0 saturated carbocycles. The number of halogens is 5. The smallest absolute Gasteiger partial charge is 0.396 e. The lowest BCUT2D eigenvalue weighted by Gasteiger charge is -2.23. The summed E-state index contributed by atoms with van der Waals surface area (Å²) in [6.07, 6.45) is -4.58. The lowest BCUT2D eigenvalue weighted by atomic mass is 10.1. The van der Waals surface area contributed by atoms with Crippen LogP contribution in [0.3, 0.4) is 0 Å². The minimum absolute atomic E-state index is 0.0307. The van der Waals surface area contributed by atoms with Gasteiger partial charge in [0.2, 0.25) is 0 Å². The number of aliphatic hydroxyl groups excluding tert-OH is 1. The Hall–Kier alpha value is -1.18. The van der Waals surface area contributed by atoms with E-state index in [-0.39, 0.29) is 21.3 Å². The van der Waals surface area contributed by atoms with Crippen LogP contribution in [0.25, 0.3) is 0 Å². The van der Waals surface area contributed by atoms with Crippen LogP contribution in [0.5, 0.6) is 0 Å². The fraction of sp³-hybridized carbons (Fsp3) is 0.364. The van der Waals surface area contributed by atoms with E-state index < -0.39 is 31.8 Å². The molecule has 0 aliphatic carbocycles. The monoisotopic (exact) mass is 330 g/mol. The second-order valence-electron chi connectivity index (χ2n) is 3.92. The van der Waals surface area contributed by atoms with Gasteiger partial charge in [0, 0.05) is 12.1 Å². The van der Waals surface area contributed by atoms with Gasteiger partial charge in [0.1, 0.15) is 6.54 Å². The molecule has 0 heterocycles. The third kappa shape index (κ3) is 4.43. The van der Waals surface area contributed by atoms with Crippen LogP contribution in [0.1, 0.15) is 10.4 Å². The standard InChI is InChI=1S/C11H11Cl2F3N2O2/c12-7-3-6(4-8(13)9(7)17)10(20)18(1-2-19)5-11(14,15)16/h3-4,19H,1-2,5,17H2. The molecule has 0 radical (unpaired) electrons. The van der Waals surface area contributed by atoms with Gasteiger partial charge in [-0.1, -0.05) is 23.2 Å². The maximum atomic E-state index is 12.4. The van der Waals surface area contributed by atoms with Crippen LogP contribution >= 0.6 is 23.2 Å². The molecule has 9 heteroatoms. The first-order valence-electron chi connectivity index (χ1n) is 5.37. The molecule has 0 spiro atoms. The molecule has 1 rings (SSSR count). The third-order valence-electron chi connectivity index (χ3n) is 2.35. The molecule has 0 aliphatic heterocycles. The van der Waals surface area contributed by atoms with Crippen LogP contribution in [0.15, 0.2) is 12.1 Å². The molecular weight excluding hydrogens is 320 g/mol. The molecule has 0 unspecified atom stereocenters. The Kier molecular flexibility index (Phi) is 5.50. The summed E-state index contributed by atoms with van der Waals surface area (Å²) < 4.78 is 37.1. The molecule has 1 amide bonds. The first kappa shape index (κ1) is 16.9. The largest absolute Gasteiger partial charge is 0.406 e. The van der Waals surface area contributed by atoms with Crippen molar-refractivity contribution in [1.29, 1.82) is 0 Å². The van der Waals surface area contributed by atoms with Crippen molar-refractivity contribution in [2.45, 2.75) is 6.18 Å². The number of hydrogen-bond donors (Lipinski definition) is 2. The number of anilines is 1. The summed E-state index contributed by atoms with van der Waals surface area (Å²) in [5.41, 5.74) is 5.38. The molecule has 112 valence electrons. The summed E-state index contributed by atoms with van der Waals surface area (Å²) in [4.78, 5) is 12.4. The zero-order valence-corrected chi connectivity index (χ0v) is 11.6. The van der Waals surface area contributed by atoms with Gasteiger partial charge < -0.3 is 15.7 Å². The molecule has 20 heavy (non-hydrogen) atoms. The molecule has 1 aromatic carbocycles. The van der Waals surface area contributed by atoms with Crippen molar-refractivity contribution in [3.8, 4) is 0 Å². The Morgan fingerprint density at radius 3 is 2.20 bits per heavy atom. The fourth-order valence-corrected chi connectivity index (χ4v) is 1.97. The van der Waals surface area contributed by atoms with E-state index >= 15 is 0 Å². The van der Waals surface area contributed by atoms with Crippen molar-refractivity contribution in [2.75, 3.05) is 25.4 Å². The van der Waals surface area contributed by atoms with E-state index in [0.717, 1.165) is 12.1 Å². The first-order valence-corrected chi connectivity index (χ1v) is 6.12. The van der Waals surface area contributed by atoms with Gasteiger partial charge in [-0.05, 0) is 12.1 Å². The van der Waals surface area contributed by atoms with Crippen LogP contribution in [0, 0.1) is 0 Å². The molecule has 4 nitrogen and oxygen atoms in total. The van der Waals surface area contributed by atoms with E-state index in [1.54, 1.807) is 0 Å². The molecule has 0 atom stereocenters. The summed E-state index contributed by atoms with van der Waals surface area (Å²) in [6, 6.07) is 2.26. The second-order valence-corrected chi connectivity index (χ2v) is 4.73. The first-order chi connectivity index (χ1) is 9.15.